The normalized spacial score (nSPS) is 13.7. The maximum Gasteiger partial charge on any atom is 0.251 e. The zero-order valence-corrected chi connectivity index (χ0v) is 30.7. The van der Waals surface area contributed by atoms with Crippen LogP contribution in [0.1, 0.15) is 52.2 Å². The van der Waals surface area contributed by atoms with E-state index in [-0.39, 0.29) is 17.4 Å². The van der Waals surface area contributed by atoms with Crippen molar-refractivity contribution in [1.29, 1.82) is 0 Å². The number of amides is 2. The zero-order valence-electron chi connectivity index (χ0n) is 28.2. The summed E-state index contributed by atoms with van der Waals surface area (Å²) in [6.45, 7) is 3.53. The van der Waals surface area contributed by atoms with Gasteiger partial charge in [0.2, 0.25) is 10.0 Å². The van der Waals surface area contributed by atoms with Crippen molar-refractivity contribution in [2.45, 2.75) is 36.7 Å². The third-order valence-corrected chi connectivity index (χ3v) is 12.5. The average Bonchev–Trinajstić information content (AvgIpc) is 3.94. The van der Waals surface area contributed by atoms with Gasteiger partial charge in [-0.15, -0.1) is 22.7 Å². The predicted molar refractivity (Wildman–Crippen MR) is 200 cm³/mol. The number of hydrogen-bond donors (Lipinski definition) is 3. The quantitative estimate of drug-likeness (QED) is 0.123. The molecule has 14 heteroatoms. The lowest BCUT2D eigenvalue weighted by molar-refractivity contribution is -0.120. The van der Waals surface area contributed by atoms with Gasteiger partial charge in [0, 0.05) is 36.1 Å². The molecule has 2 amide bonds. The second-order valence-corrected chi connectivity index (χ2v) is 16.3. The number of benzene rings is 3. The lowest BCUT2D eigenvalue weighted by atomic mass is 9.85. The molecule has 6 aromatic rings. The highest BCUT2D eigenvalue weighted by molar-refractivity contribution is 7.89. The van der Waals surface area contributed by atoms with E-state index in [9.17, 15) is 23.1 Å². The van der Waals surface area contributed by atoms with Crippen LogP contribution < -0.4 is 10.2 Å². The van der Waals surface area contributed by atoms with E-state index in [1.807, 2.05) is 50.2 Å². The molecule has 3 heterocycles. The van der Waals surface area contributed by atoms with Gasteiger partial charge in [-0.05, 0) is 59.5 Å². The van der Waals surface area contributed by atoms with Gasteiger partial charge in [0.1, 0.15) is 6.04 Å². The van der Waals surface area contributed by atoms with Crippen molar-refractivity contribution >= 4 is 59.7 Å². The molecule has 0 radical (unpaired) electrons. The van der Waals surface area contributed by atoms with Crippen molar-refractivity contribution in [1.82, 2.24) is 24.8 Å². The molecule has 0 saturated heterocycles. The van der Waals surface area contributed by atoms with Crippen LogP contribution >= 0.6 is 22.7 Å². The van der Waals surface area contributed by atoms with E-state index in [1.54, 1.807) is 79.5 Å². The zero-order chi connectivity index (χ0) is 36.1. The summed E-state index contributed by atoms with van der Waals surface area (Å²) in [5.41, 5.74) is 4.30. The molecule has 0 fully saturated rings. The van der Waals surface area contributed by atoms with Gasteiger partial charge in [0.25, 0.3) is 11.8 Å². The minimum absolute atomic E-state index is 0.0449. The van der Waals surface area contributed by atoms with Gasteiger partial charge in [-0.25, -0.2) is 13.4 Å². The number of H-pyrrole nitrogens is 1. The first-order valence-electron chi connectivity index (χ1n) is 16.3. The molecule has 3 aromatic carbocycles. The highest BCUT2D eigenvalue weighted by atomic mass is 32.2. The first kappa shape index (κ1) is 36.1. The molecule has 6 rings (SSSR count). The molecule has 0 aliphatic rings. The van der Waals surface area contributed by atoms with E-state index >= 15 is 0 Å². The van der Waals surface area contributed by atoms with Gasteiger partial charge >= 0.3 is 0 Å². The molecule has 0 aliphatic carbocycles. The first-order chi connectivity index (χ1) is 24.6. The lowest BCUT2D eigenvalue weighted by Gasteiger charge is -2.31. The van der Waals surface area contributed by atoms with Crippen LogP contribution in [-0.4, -0.2) is 71.1 Å². The third-order valence-electron chi connectivity index (χ3n) is 8.54. The number of aliphatic hydroxyl groups excluding tert-OH is 1. The molecule has 3 unspecified atom stereocenters. The van der Waals surface area contributed by atoms with Crippen molar-refractivity contribution in [3.8, 4) is 0 Å². The smallest absolute Gasteiger partial charge is 0.251 e. The number of nitrogens with one attached hydrogen (secondary N) is 2. The Labute approximate surface area is 304 Å². The van der Waals surface area contributed by atoms with Crippen LogP contribution in [0.5, 0.6) is 0 Å². The highest BCUT2D eigenvalue weighted by Crippen LogP contribution is 2.38. The Bertz CT molecular complexity index is 2190. The Morgan fingerprint density at radius 3 is 2.35 bits per heavy atom. The van der Waals surface area contributed by atoms with E-state index in [1.165, 1.54) is 31.9 Å². The van der Waals surface area contributed by atoms with E-state index in [2.05, 4.69) is 20.5 Å². The monoisotopic (exact) mass is 742 g/mol. The molecule has 11 nitrogen and oxygen atoms in total. The van der Waals surface area contributed by atoms with E-state index in [0.29, 0.717) is 26.5 Å². The van der Waals surface area contributed by atoms with Gasteiger partial charge in [0.15, 0.2) is 0 Å². The number of hydrogen-bond acceptors (Lipinski definition) is 9. The summed E-state index contributed by atoms with van der Waals surface area (Å²) in [5, 5.41) is 21.2. The van der Waals surface area contributed by atoms with Crippen LogP contribution in [0.25, 0.3) is 10.2 Å². The van der Waals surface area contributed by atoms with Crippen LogP contribution in [0.2, 0.25) is 0 Å². The topological polar surface area (TPSA) is 149 Å². The Morgan fingerprint density at radius 1 is 0.961 bits per heavy atom. The summed E-state index contributed by atoms with van der Waals surface area (Å²) in [7, 11) is -2.43. The Morgan fingerprint density at radius 2 is 1.69 bits per heavy atom. The van der Waals surface area contributed by atoms with Crippen LogP contribution in [-0.2, 0) is 14.8 Å². The molecule has 0 saturated carbocycles. The minimum atomic E-state index is -4.05. The lowest BCUT2D eigenvalue weighted by Crippen LogP contribution is -2.51. The predicted octanol–water partition coefficient (Wildman–Crippen LogP) is 6.05. The molecule has 0 spiro atoms. The average molecular weight is 743 g/mol. The number of thiazole rings is 1. The van der Waals surface area contributed by atoms with Crippen molar-refractivity contribution in [3.63, 3.8) is 0 Å². The molecule has 264 valence electrons. The number of aromatic nitrogens is 3. The summed E-state index contributed by atoms with van der Waals surface area (Å²) in [4.78, 5) is 34.6. The molecule has 0 aliphatic heterocycles. The number of fused-ring (bicyclic) bond motifs is 1. The summed E-state index contributed by atoms with van der Waals surface area (Å²) in [6, 6.07) is 24.5. The van der Waals surface area contributed by atoms with Crippen LogP contribution in [0.15, 0.2) is 114 Å². The Kier molecular flexibility index (Phi) is 11.1. The number of likely N-dealkylation sites (N-methyl/N-ethyl adjacent to an activating group) is 1. The van der Waals surface area contributed by atoms with Gasteiger partial charge in [0.05, 0.1) is 44.5 Å². The number of aliphatic hydroxyl groups is 1. The van der Waals surface area contributed by atoms with Crippen molar-refractivity contribution in [3.05, 3.63) is 130 Å². The Balaban J connectivity index is 1.34. The molecule has 51 heavy (non-hydrogen) atoms. The number of nitrogens with zero attached hydrogens (tertiary/aromatic N) is 4. The number of sulfonamides is 1. The first-order valence-corrected chi connectivity index (χ1v) is 19.4. The van der Waals surface area contributed by atoms with E-state index in [0.717, 1.165) is 10.3 Å². The minimum Gasteiger partial charge on any atom is -0.394 e. The fourth-order valence-electron chi connectivity index (χ4n) is 6.00. The summed E-state index contributed by atoms with van der Waals surface area (Å²) < 4.78 is 30.4. The van der Waals surface area contributed by atoms with Gasteiger partial charge in [-0.3, -0.25) is 14.7 Å². The second-order valence-electron chi connectivity index (χ2n) is 12.5. The van der Waals surface area contributed by atoms with Gasteiger partial charge in [-0.2, -0.15) is 9.40 Å². The van der Waals surface area contributed by atoms with Crippen LogP contribution in [0.4, 0.5) is 5.00 Å². The summed E-state index contributed by atoms with van der Waals surface area (Å²) in [6.07, 6.45) is 3.34. The molecule has 3 N–H and O–H groups in total. The summed E-state index contributed by atoms with van der Waals surface area (Å²) >= 11 is 2.57. The maximum absolute atomic E-state index is 14.6. The fraction of sp³-hybridized carbons (Fsp3) is 0.243. The standard InChI is InChI=1S/C37H38N6O5S3/c1-24(2)21-43(51(47,48)28-14-15-29-32(18-28)49-23-38-29)30(22-44)31-16-17-33(50-31)42(3)37(46)35(41-36(45)26-12-8-5-9-13-26)34(27-19-39-40-20-27)25-10-6-4-7-11-25/h4-20,23-24,30,34-35,44H,21-22H2,1-3H3,(H,39,40)(H,41,45). The van der Waals surface area contributed by atoms with Crippen molar-refractivity contribution in [2.24, 2.45) is 5.92 Å². The Hall–Kier alpha value is -4.73. The van der Waals surface area contributed by atoms with Gasteiger partial charge in [-0.1, -0.05) is 62.4 Å². The van der Waals surface area contributed by atoms with Crippen molar-refractivity contribution in [2.75, 3.05) is 25.1 Å². The summed E-state index contributed by atoms with van der Waals surface area (Å²) in [5.74, 6) is -1.45. The SMILES string of the molecule is CC(C)CN(C(CO)c1ccc(N(C)C(=O)C(NC(=O)c2ccccc2)C(c2ccccc2)c2cn[nH]c2)s1)S(=O)(=O)c1ccc2ncsc2c1. The molecular formula is C37H38N6O5S3. The number of thiophene rings is 1. The molecular weight excluding hydrogens is 705 g/mol. The highest BCUT2D eigenvalue weighted by Gasteiger charge is 2.37. The largest absolute Gasteiger partial charge is 0.394 e. The molecule has 0 bridgehead atoms. The molecule has 3 atom stereocenters. The van der Waals surface area contributed by atoms with Crippen molar-refractivity contribution < 1.29 is 23.1 Å². The number of carbonyl (C=O) groups excluding carboxylic acids is 2. The number of anilines is 1. The number of carbonyl (C=O) groups is 2. The fourth-order valence-corrected chi connectivity index (χ4v) is 9.72. The second kappa shape index (κ2) is 15.7. The number of aromatic amines is 1. The third kappa shape index (κ3) is 7.80. The van der Waals surface area contributed by atoms with E-state index in [4.69, 9.17) is 0 Å². The van der Waals surface area contributed by atoms with Gasteiger partial charge < -0.3 is 15.3 Å². The molecule has 3 aromatic heterocycles. The van der Waals surface area contributed by atoms with Crippen LogP contribution in [0.3, 0.4) is 0 Å². The van der Waals surface area contributed by atoms with Crippen LogP contribution in [0, 0.1) is 5.92 Å². The number of rotatable bonds is 14. The van der Waals surface area contributed by atoms with E-state index < -0.39 is 46.4 Å². The maximum atomic E-state index is 14.6.